The predicted molar refractivity (Wildman–Crippen MR) is 74.6 cm³/mol. The first kappa shape index (κ1) is 13.9. The van der Waals surface area contributed by atoms with E-state index in [1.807, 2.05) is 26.8 Å². The summed E-state index contributed by atoms with van der Waals surface area (Å²) in [5, 5.41) is 0.623. The molecule has 0 saturated heterocycles. The maximum absolute atomic E-state index is 11.7. The summed E-state index contributed by atoms with van der Waals surface area (Å²) in [7, 11) is -1.24. The number of halogens is 2. The average molecular weight is 323 g/mol. The van der Waals surface area contributed by atoms with Gasteiger partial charge in [0.1, 0.15) is 11.0 Å². The fourth-order valence-corrected chi connectivity index (χ4v) is 2.34. The van der Waals surface area contributed by atoms with Crippen LogP contribution < -0.4 is 0 Å². The lowest BCUT2D eigenvalue weighted by Gasteiger charge is -2.12. The van der Waals surface area contributed by atoms with Crippen molar-refractivity contribution < 1.29 is 4.21 Å². The summed E-state index contributed by atoms with van der Waals surface area (Å²) in [6.07, 6.45) is 1.58. The maximum Gasteiger partial charge on any atom is 0.144 e. The summed E-state index contributed by atoms with van der Waals surface area (Å²) in [4.78, 5) is 0. The Balaban J connectivity index is 2.89. The zero-order chi connectivity index (χ0) is 12.3. The highest BCUT2D eigenvalue weighted by Gasteiger charge is 2.18. The molecule has 1 rings (SSSR count). The molecule has 0 fully saturated rings. The molecule has 0 amide bonds. The van der Waals surface area contributed by atoms with Gasteiger partial charge in [0.05, 0.1) is 4.75 Å². The zero-order valence-electron chi connectivity index (χ0n) is 9.33. The van der Waals surface area contributed by atoms with Crippen molar-refractivity contribution in [2.45, 2.75) is 25.5 Å². The monoisotopic (exact) mass is 321 g/mol. The lowest BCUT2D eigenvalue weighted by Crippen LogP contribution is -2.19. The molecule has 0 bridgehead atoms. The smallest absolute Gasteiger partial charge is 0.144 e. The highest BCUT2D eigenvalue weighted by molar-refractivity contribution is 9.10. The molecule has 1 atom stereocenters. The number of benzene rings is 1. The normalized spacial score (nSPS) is 14.3. The van der Waals surface area contributed by atoms with E-state index in [-0.39, 0.29) is 4.75 Å². The number of hydrogen-bond acceptors (Lipinski definition) is 1. The Bertz CT molecular complexity index is 420. The molecule has 0 spiro atoms. The summed E-state index contributed by atoms with van der Waals surface area (Å²) >= 11 is 9.23. The van der Waals surface area contributed by atoms with E-state index in [4.69, 9.17) is 11.6 Å². The highest BCUT2D eigenvalue weighted by atomic mass is 79.9. The van der Waals surface area contributed by atoms with Gasteiger partial charge in [-0.2, -0.15) is 4.40 Å². The fourth-order valence-electron chi connectivity index (χ4n) is 0.917. The second-order valence-electron chi connectivity index (χ2n) is 4.30. The van der Waals surface area contributed by atoms with Crippen molar-refractivity contribution in [3.05, 3.63) is 33.3 Å². The van der Waals surface area contributed by atoms with Crippen LogP contribution in [0.1, 0.15) is 26.3 Å². The molecular weight excluding hydrogens is 310 g/mol. The quantitative estimate of drug-likeness (QED) is 0.757. The van der Waals surface area contributed by atoms with Gasteiger partial charge in [0.2, 0.25) is 0 Å². The molecule has 88 valence electrons. The first-order valence-corrected chi connectivity index (χ1v) is 6.99. The zero-order valence-corrected chi connectivity index (χ0v) is 12.5. The summed E-state index contributed by atoms with van der Waals surface area (Å²) in [6.45, 7) is 5.65. The molecule has 16 heavy (non-hydrogen) atoms. The SMILES string of the molecule is CC(C)(C)[S@@](=O)N=Cc1cc(Cl)cc(Br)c1. The summed E-state index contributed by atoms with van der Waals surface area (Å²) in [5.41, 5.74) is 0.831. The Hall–Kier alpha value is -0.190. The van der Waals surface area contributed by atoms with Crippen LogP contribution in [0.5, 0.6) is 0 Å². The van der Waals surface area contributed by atoms with E-state index >= 15 is 0 Å². The minimum absolute atomic E-state index is 0.341. The van der Waals surface area contributed by atoms with Crippen molar-refractivity contribution in [1.82, 2.24) is 0 Å². The maximum atomic E-state index is 11.7. The van der Waals surface area contributed by atoms with Gasteiger partial charge in [-0.25, -0.2) is 4.21 Å². The van der Waals surface area contributed by atoms with E-state index < -0.39 is 11.0 Å². The van der Waals surface area contributed by atoms with Gasteiger partial charge in [-0.3, -0.25) is 0 Å². The van der Waals surface area contributed by atoms with Crippen molar-refractivity contribution in [3.8, 4) is 0 Å². The molecule has 0 aliphatic rings. The second kappa shape index (κ2) is 5.43. The van der Waals surface area contributed by atoms with Gasteiger partial charge >= 0.3 is 0 Å². The number of rotatable bonds is 2. The Morgan fingerprint density at radius 1 is 1.38 bits per heavy atom. The topological polar surface area (TPSA) is 29.4 Å². The first-order valence-electron chi connectivity index (χ1n) is 4.71. The Morgan fingerprint density at radius 2 is 2.00 bits per heavy atom. The van der Waals surface area contributed by atoms with Crippen molar-refractivity contribution in [3.63, 3.8) is 0 Å². The lowest BCUT2D eigenvalue weighted by molar-refractivity contribution is 0.651. The lowest BCUT2D eigenvalue weighted by atomic mass is 10.2. The van der Waals surface area contributed by atoms with Crippen LogP contribution in [0.4, 0.5) is 0 Å². The minimum atomic E-state index is -1.24. The van der Waals surface area contributed by atoms with Crippen LogP contribution in [0.25, 0.3) is 0 Å². The van der Waals surface area contributed by atoms with Crippen molar-refractivity contribution in [2.24, 2.45) is 4.40 Å². The molecule has 0 aromatic heterocycles. The van der Waals surface area contributed by atoms with Gasteiger partial charge in [0.25, 0.3) is 0 Å². The molecular formula is C11H13BrClNOS. The Labute approximate surface area is 112 Å². The van der Waals surface area contributed by atoms with Gasteiger partial charge < -0.3 is 0 Å². The third-order valence-corrected chi connectivity index (χ3v) is 3.73. The van der Waals surface area contributed by atoms with Crippen LogP contribution >= 0.6 is 27.5 Å². The first-order chi connectivity index (χ1) is 7.29. The molecule has 0 unspecified atom stereocenters. The van der Waals surface area contributed by atoms with Crippen LogP contribution in [0.15, 0.2) is 27.1 Å². The van der Waals surface area contributed by atoms with Crippen LogP contribution in [-0.2, 0) is 11.0 Å². The van der Waals surface area contributed by atoms with E-state index in [1.54, 1.807) is 18.3 Å². The number of nitrogens with zero attached hydrogens (tertiary/aromatic N) is 1. The molecule has 0 saturated carbocycles. The van der Waals surface area contributed by atoms with Crippen LogP contribution in [0, 0.1) is 0 Å². The van der Waals surface area contributed by atoms with Crippen molar-refractivity contribution >= 4 is 44.7 Å². The van der Waals surface area contributed by atoms with Crippen molar-refractivity contribution in [2.75, 3.05) is 0 Å². The van der Waals surface area contributed by atoms with Crippen LogP contribution in [0.3, 0.4) is 0 Å². The highest BCUT2D eigenvalue weighted by Crippen LogP contribution is 2.19. The van der Waals surface area contributed by atoms with Gasteiger partial charge in [-0.1, -0.05) is 27.5 Å². The molecule has 0 radical (unpaired) electrons. The molecule has 0 heterocycles. The van der Waals surface area contributed by atoms with Crippen LogP contribution in [-0.4, -0.2) is 15.2 Å². The van der Waals surface area contributed by atoms with Crippen molar-refractivity contribution in [1.29, 1.82) is 0 Å². The molecule has 0 aliphatic carbocycles. The Kier molecular flexibility index (Phi) is 4.71. The largest absolute Gasteiger partial charge is 0.234 e. The Morgan fingerprint density at radius 3 is 2.50 bits per heavy atom. The van der Waals surface area contributed by atoms with E-state index in [1.165, 1.54) is 0 Å². The third-order valence-electron chi connectivity index (χ3n) is 1.71. The predicted octanol–water partition coefficient (Wildman–Crippen LogP) is 3.98. The molecule has 5 heteroatoms. The standard InChI is InChI=1S/C11H13BrClNOS/c1-11(2,3)16(15)14-7-8-4-9(12)6-10(13)5-8/h4-7H,1-3H3/t16-/m1/s1. The van der Waals surface area contributed by atoms with E-state index in [2.05, 4.69) is 20.3 Å². The van der Waals surface area contributed by atoms with Crippen LogP contribution in [0.2, 0.25) is 5.02 Å². The minimum Gasteiger partial charge on any atom is -0.234 e. The fraction of sp³-hybridized carbons (Fsp3) is 0.364. The average Bonchev–Trinajstić information content (AvgIpc) is 2.11. The van der Waals surface area contributed by atoms with Gasteiger partial charge in [-0.15, -0.1) is 0 Å². The number of hydrogen-bond donors (Lipinski definition) is 0. The third kappa shape index (κ3) is 4.36. The summed E-state index contributed by atoms with van der Waals surface area (Å²) in [5.74, 6) is 0. The second-order valence-corrected chi connectivity index (χ2v) is 7.58. The van der Waals surface area contributed by atoms with Gasteiger partial charge in [0, 0.05) is 15.7 Å². The summed E-state index contributed by atoms with van der Waals surface area (Å²) < 4.78 is 16.2. The summed E-state index contributed by atoms with van der Waals surface area (Å²) in [6, 6.07) is 5.44. The molecule has 2 nitrogen and oxygen atoms in total. The molecule has 0 aliphatic heterocycles. The van der Waals surface area contributed by atoms with Gasteiger partial charge in [0.15, 0.2) is 0 Å². The van der Waals surface area contributed by atoms with E-state index in [9.17, 15) is 4.21 Å². The molecule has 1 aromatic carbocycles. The molecule has 0 N–H and O–H groups in total. The molecule has 1 aromatic rings. The van der Waals surface area contributed by atoms with Gasteiger partial charge in [-0.05, 0) is 44.5 Å². The van der Waals surface area contributed by atoms with E-state index in [0.29, 0.717) is 5.02 Å². The van der Waals surface area contributed by atoms with E-state index in [0.717, 1.165) is 10.0 Å².